The molecule has 102 valence electrons. The van der Waals surface area contributed by atoms with Crippen LogP contribution in [0.15, 0.2) is 24.3 Å². The Morgan fingerprint density at radius 2 is 1.89 bits per heavy atom. The molecule has 1 aromatic carbocycles. The second-order valence-corrected chi connectivity index (χ2v) is 5.68. The van der Waals surface area contributed by atoms with E-state index in [1.807, 2.05) is 12.1 Å². The summed E-state index contributed by atoms with van der Waals surface area (Å²) in [6, 6.07) is 11.6. The van der Waals surface area contributed by atoms with Gasteiger partial charge in [-0.25, -0.2) is 0 Å². The zero-order valence-corrected chi connectivity index (χ0v) is 12.1. The molecule has 2 heteroatoms. The van der Waals surface area contributed by atoms with E-state index in [-0.39, 0.29) is 0 Å². The summed E-state index contributed by atoms with van der Waals surface area (Å²) in [4.78, 5) is 2.66. The van der Waals surface area contributed by atoms with Crippen molar-refractivity contribution in [1.29, 1.82) is 5.26 Å². The molecule has 0 bridgehead atoms. The minimum atomic E-state index is 0.638. The lowest BCUT2D eigenvalue weighted by atomic mass is 10.1. The van der Waals surface area contributed by atoms with Crippen LogP contribution in [0.4, 0.5) is 0 Å². The molecular weight excluding hydrogens is 232 g/mol. The maximum atomic E-state index is 8.85. The number of hydrogen-bond donors (Lipinski definition) is 0. The first-order valence-electron chi connectivity index (χ1n) is 7.49. The van der Waals surface area contributed by atoms with Gasteiger partial charge in [0.2, 0.25) is 0 Å². The third-order valence-corrected chi connectivity index (χ3v) is 4.40. The fourth-order valence-corrected chi connectivity index (χ4v) is 3.01. The highest BCUT2D eigenvalue weighted by molar-refractivity contribution is 5.31. The van der Waals surface area contributed by atoms with Crippen molar-refractivity contribution in [2.45, 2.75) is 64.6 Å². The summed E-state index contributed by atoms with van der Waals surface area (Å²) in [6.45, 7) is 5.62. The quantitative estimate of drug-likeness (QED) is 0.793. The molecule has 0 spiro atoms. The zero-order valence-electron chi connectivity index (χ0n) is 12.1. The van der Waals surface area contributed by atoms with E-state index in [1.165, 1.54) is 37.7 Å². The van der Waals surface area contributed by atoms with E-state index in [2.05, 4.69) is 36.9 Å². The first-order chi connectivity index (χ1) is 9.24. The van der Waals surface area contributed by atoms with E-state index in [0.29, 0.717) is 6.04 Å². The van der Waals surface area contributed by atoms with Gasteiger partial charge in [-0.05, 0) is 43.9 Å². The molecule has 0 unspecified atom stereocenters. The highest BCUT2D eigenvalue weighted by atomic mass is 15.2. The number of hydrogen-bond acceptors (Lipinski definition) is 2. The zero-order chi connectivity index (χ0) is 13.7. The van der Waals surface area contributed by atoms with Gasteiger partial charge in [0.25, 0.3) is 0 Å². The van der Waals surface area contributed by atoms with E-state index in [1.54, 1.807) is 0 Å². The Kier molecular flexibility index (Phi) is 4.99. The summed E-state index contributed by atoms with van der Waals surface area (Å²) in [5.74, 6) is 0. The Morgan fingerprint density at radius 1 is 1.26 bits per heavy atom. The second-order valence-electron chi connectivity index (χ2n) is 5.68. The van der Waals surface area contributed by atoms with Crippen molar-refractivity contribution in [3.05, 3.63) is 35.4 Å². The first kappa shape index (κ1) is 14.1. The van der Waals surface area contributed by atoms with Gasteiger partial charge < -0.3 is 0 Å². The fourth-order valence-electron chi connectivity index (χ4n) is 3.01. The highest BCUT2D eigenvalue weighted by Crippen LogP contribution is 2.27. The third kappa shape index (κ3) is 3.58. The van der Waals surface area contributed by atoms with E-state index in [4.69, 9.17) is 5.26 Å². The van der Waals surface area contributed by atoms with Gasteiger partial charge in [0.1, 0.15) is 0 Å². The molecule has 0 amide bonds. The Balaban J connectivity index is 2.08. The molecule has 1 atom stereocenters. The summed E-state index contributed by atoms with van der Waals surface area (Å²) >= 11 is 0. The lowest BCUT2D eigenvalue weighted by molar-refractivity contribution is 0.132. The summed E-state index contributed by atoms with van der Waals surface area (Å²) < 4.78 is 0. The maximum Gasteiger partial charge on any atom is 0.0991 e. The van der Waals surface area contributed by atoms with Crippen LogP contribution in [0.3, 0.4) is 0 Å². The summed E-state index contributed by atoms with van der Waals surface area (Å²) in [7, 11) is 0. The van der Waals surface area contributed by atoms with E-state index in [9.17, 15) is 0 Å². The number of benzene rings is 1. The van der Waals surface area contributed by atoms with Gasteiger partial charge >= 0.3 is 0 Å². The Labute approximate surface area is 117 Å². The Morgan fingerprint density at radius 3 is 2.42 bits per heavy atom. The predicted molar refractivity (Wildman–Crippen MR) is 78.7 cm³/mol. The van der Waals surface area contributed by atoms with Crippen LogP contribution in [0.1, 0.15) is 57.1 Å². The maximum absolute atomic E-state index is 8.85. The minimum Gasteiger partial charge on any atom is -0.293 e. The van der Waals surface area contributed by atoms with Gasteiger partial charge in [-0.15, -0.1) is 0 Å². The predicted octanol–water partition coefficient (Wildman–Crippen LogP) is 4.10. The third-order valence-electron chi connectivity index (χ3n) is 4.40. The number of rotatable bonds is 5. The molecule has 1 aliphatic carbocycles. The van der Waals surface area contributed by atoms with Crippen molar-refractivity contribution in [1.82, 2.24) is 4.90 Å². The number of nitriles is 1. The normalized spacial score (nSPS) is 17.6. The molecule has 0 aromatic heterocycles. The van der Waals surface area contributed by atoms with Gasteiger partial charge in [0.15, 0.2) is 0 Å². The van der Waals surface area contributed by atoms with Crippen LogP contribution in [0, 0.1) is 11.3 Å². The van der Waals surface area contributed by atoms with Gasteiger partial charge in [-0.3, -0.25) is 4.90 Å². The average molecular weight is 256 g/mol. The first-order valence-corrected chi connectivity index (χ1v) is 7.49. The van der Waals surface area contributed by atoms with E-state index in [0.717, 1.165) is 18.2 Å². The molecule has 1 aromatic rings. The number of nitrogens with zero attached hydrogens (tertiary/aromatic N) is 2. The van der Waals surface area contributed by atoms with E-state index >= 15 is 0 Å². The molecule has 19 heavy (non-hydrogen) atoms. The molecule has 0 saturated heterocycles. The SMILES string of the molecule is CC[C@@H](C)N(Cc1ccc(C#N)cc1)C1CCCC1. The Bertz CT molecular complexity index is 424. The molecule has 0 aliphatic heterocycles. The molecule has 1 aliphatic rings. The van der Waals surface area contributed by atoms with Crippen LogP contribution in [0.2, 0.25) is 0 Å². The largest absolute Gasteiger partial charge is 0.293 e. The van der Waals surface area contributed by atoms with Gasteiger partial charge in [0, 0.05) is 18.6 Å². The van der Waals surface area contributed by atoms with Crippen molar-refractivity contribution in [2.24, 2.45) is 0 Å². The topological polar surface area (TPSA) is 27.0 Å². The minimum absolute atomic E-state index is 0.638. The van der Waals surface area contributed by atoms with Crippen molar-refractivity contribution < 1.29 is 0 Å². The van der Waals surface area contributed by atoms with Crippen LogP contribution in [-0.4, -0.2) is 17.0 Å². The summed E-state index contributed by atoms with van der Waals surface area (Å²) in [5, 5.41) is 8.85. The van der Waals surface area contributed by atoms with Crippen molar-refractivity contribution >= 4 is 0 Å². The standard InChI is InChI=1S/C17H24N2/c1-3-14(2)19(17-6-4-5-7-17)13-16-10-8-15(12-18)9-11-16/h8-11,14,17H,3-7,13H2,1-2H3/t14-/m1/s1. The summed E-state index contributed by atoms with van der Waals surface area (Å²) in [6.07, 6.45) is 6.66. The van der Waals surface area contributed by atoms with Crippen molar-refractivity contribution in [3.8, 4) is 6.07 Å². The van der Waals surface area contributed by atoms with Crippen LogP contribution < -0.4 is 0 Å². The second kappa shape index (κ2) is 6.73. The molecule has 2 rings (SSSR count). The molecule has 1 saturated carbocycles. The summed E-state index contributed by atoms with van der Waals surface area (Å²) in [5.41, 5.74) is 2.07. The van der Waals surface area contributed by atoms with Crippen LogP contribution >= 0.6 is 0 Å². The highest BCUT2D eigenvalue weighted by Gasteiger charge is 2.25. The monoisotopic (exact) mass is 256 g/mol. The van der Waals surface area contributed by atoms with Crippen LogP contribution in [0.25, 0.3) is 0 Å². The van der Waals surface area contributed by atoms with Crippen molar-refractivity contribution in [3.63, 3.8) is 0 Å². The van der Waals surface area contributed by atoms with Gasteiger partial charge in [0.05, 0.1) is 11.6 Å². The molecular formula is C17H24N2. The van der Waals surface area contributed by atoms with Crippen molar-refractivity contribution in [2.75, 3.05) is 0 Å². The average Bonchev–Trinajstić information content (AvgIpc) is 2.98. The fraction of sp³-hybridized carbons (Fsp3) is 0.588. The molecule has 0 N–H and O–H groups in total. The lowest BCUT2D eigenvalue weighted by Crippen LogP contribution is -2.39. The molecule has 0 radical (unpaired) electrons. The van der Waals surface area contributed by atoms with Crippen LogP contribution in [-0.2, 0) is 6.54 Å². The van der Waals surface area contributed by atoms with Gasteiger partial charge in [-0.1, -0.05) is 31.9 Å². The lowest BCUT2D eigenvalue weighted by Gasteiger charge is -2.34. The molecule has 2 nitrogen and oxygen atoms in total. The Hall–Kier alpha value is -1.33. The molecule has 1 fully saturated rings. The van der Waals surface area contributed by atoms with Crippen LogP contribution in [0.5, 0.6) is 0 Å². The van der Waals surface area contributed by atoms with E-state index < -0.39 is 0 Å². The van der Waals surface area contributed by atoms with Gasteiger partial charge in [-0.2, -0.15) is 5.26 Å². The smallest absolute Gasteiger partial charge is 0.0991 e. The molecule has 0 heterocycles.